The number of hydrogen-bond acceptors (Lipinski definition) is 3. The molecule has 0 atom stereocenters. The predicted octanol–water partition coefficient (Wildman–Crippen LogP) is 8.99. The van der Waals surface area contributed by atoms with Crippen LogP contribution in [0.3, 0.4) is 0 Å². The van der Waals surface area contributed by atoms with Crippen LogP contribution in [-0.2, 0) is 0 Å². The van der Waals surface area contributed by atoms with E-state index in [0.29, 0.717) is 11.6 Å². The molecule has 7 rings (SSSR count). The topological polar surface area (TPSA) is 38.7 Å². The summed E-state index contributed by atoms with van der Waals surface area (Å²) in [6.07, 6.45) is 0. The molecule has 3 nitrogen and oxygen atoms in total. The fraction of sp³-hybridized carbons (Fsp3) is 0. The van der Waals surface area contributed by atoms with Gasteiger partial charge in [0.2, 0.25) is 5.28 Å². The van der Waals surface area contributed by atoms with Crippen molar-refractivity contribution in [2.75, 3.05) is 0 Å². The van der Waals surface area contributed by atoms with Crippen LogP contribution in [0.1, 0.15) is 0 Å². The average Bonchev–Trinajstić information content (AvgIpc) is 2.96. The molecule has 0 radical (unpaired) electrons. The summed E-state index contributed by atoms with van der Waals surface area (Å²) in [6, 6.07) is 42.0. The monoisotopic (exact) mass is 493 g/mol. The first kappa shape index (κ1) is 21.7. The van der Waals surface area contributed by atoms with Gasteiger partial charge in [-0.15, -0.1) is 0 Å². The van der Waals surface area contributed by atoms with Crippen molar-refractivity contribution in [3.05, 3.63) is 127 Å². The van der Waals surface area contributed by atoms with Crippen LogP contribution < -0.4 is 0 Å². The molecule has 0 aliphatic rings. The molecule has 1 aromatic heterocycles. The molecule has 0 saturated carbocycles. The van der Waals surface area contributed by atoms with E-state index in [4.69, 9.17) is 16.6 Å². The Morgan fingerprint density at radius 3 is 1.73 bits per heavy atom. The van der Waals surface area contributed by atoms with Crippen molar-refractivity contribution in [1.29, 1.82) is 0 Å². The lowest BCUT2D eigenvalue weighted by atomic mass is 9.96. The lowest BCUT2D eigenvalue weighted by Crippen LogP contribution is -1.97. The van der Waals surface area contributed by atoms with Crippen LogP contribution in [0.5, 0.6) is 0 Å². The maximum atomic E-state index is 6.45. The van der Waals surface area contributed by atoms with E-state index in [2.05, 4.69) is 113 Å². The Kier molecular flexibility index (Phi) is 5.16. The minimum absolute atomic E-state index is 0.175. The van der Waals surface area contributed by atoms with Gasteiger partial charge < -0.3 is 0 Å². The van der Waals surface area contributed by atoms with Gasteiger partial charge in [-0.3, -0.25) is 0 Å². The molecule has 0 saturated heterocycles. The standard InChI is InChI=1S/C33H20ClN3/c34-33-36-31(25-17-15-23-10-6-12-28(29(23)19-25)21-7-2-1-3-8-21)35-32(37-33)26-18-16-24-14-13-22-9-4-5-11-27(22)30(24)20-26/h1-20H. The van der Waals surface area contributed by atoms with Gasteiger partial charge in [0.1, 0.15) is 0 Å². The molecule has 0 aliphatic heterocycles. The molecule has 6 aromatic carbocycles. The van der Waals surface area contributed by atoms with Gasteiger partial charge in [0, 0.05) is 11.1 Å². The minimum atomic E-state index is 0.175. The van der Waals surface area contributed by atoms with Crippen LogP contribution in [0.15, 0.2) is 121 Å². The zero-order valence-electron chi connectivity index (χ0n) is 19.8. The second kappa shape index (κ2) is 8.81. The van der Waals surface area contributed by atoms with Gasteiger partial charge in [-0.1, -0.05) is 109 Å². The zero-order chi connectivity index (χ0) is 24.8. The summed E-state index contributed by atoms with van der Waals surface area (Å²) in [6.45, 7) is 0. The zero-order valence-corrected chi connectivity index (χ0v) is 20.5. The summed E-state index contributed by atoms with van der Waals surface area (Å²) in [7, 11) is 0. The van der Waals surface area contributed by atoms with E-state index in [1.54, 1.807) is 0 Å². The third-order valence-electron chi connectivity index (χ3n) is 6.84. The van der Waals surface area contributed by atoms with Crippen LogP contribution in [0.4, 0.5) is 0 Å². The number of aromatic nitrogens is 3. The second-order valence-corrected chi connectivity index (χ2v) is 9.42. The number of nitrogens with zero attached hydrogens (tertiary/aromatic N) is 3. The molecule has 174 valence electrons. The number of halogens is 1. The van der Waals surface area contributed by atoms with Gasteiger partial charge in [0.05, 0.1) is 0 Å². The highest BCUT2D eigenvalue weighted by molar-refractivity contribution is 6.28. The highest BCUT2D eigenvalue weighted by Gasteiger charge is 2.13. The molecule has 0 amide bonds. The Hall–Kier alpha value is -4.60. The molecule has 37 heavy (non-hydrogen) atoms. The lowest BCUT2D eigenvalue weighted by molar-refractivity contribution is 1.07. The summed E-state index contributed by atoms with van der Waals surface area (Å²) in [5.74, 6) is 1.11. The van der Waals surface area contributed by atoms with Crippen molar-refractivity contribution in [3.8, 4) is 33.9 Å². The summed E-state index contributed by atoms with van der Waals surface area (Å²) < 4.78 is 0. The number of benzene rings is 6. The molecule has 7 aromatic rings. The summed E-state index contributed by atoms with van der Waals surface area (Å²) in [5, 5.41) is 7.21. The number of fused-ring (bicyclic) bond motifs is 4. The van der Waals surface area contributed by atoms with Gasteiger partial charge in [0.25, 0.3) is 0 Å². The van der Waals surface area contributed by atoms with E-state index >= 15 is 0 Å². The Labute approximate surface area is 219 Å². The molecule has 0 fully saturated rings. The molecule has 0 spiro atoms. The van der Waals surface area contributed by atoms with Crippen LogP contribution in [0.2, 0.25) is 5.28 Å². The van der Waals surface area contributed by atoms with Crippen molar-refractivity contribution in [1.82, 2.24) is 15.0 Å². The highest BCUT2D eigenvalue weighted by atomic mass is 35.5. The Bertz CT molecular complexity index is 1950. The third-order valence-corrected chi connectivity index (χ3v) is 7.01. The average molecular weight is 494 g/mol. The van der Waals surface area contributed by atoms with E-state index in [-0.39, 0.29) is 5.28 Å². The molecule has 1 heterocycles. The van der Waals surface area contributed by atoms with Gasteiger partial charge in [-0.05, 0) is 67.2 Å². The predicted molar refractivity (Wildman–Crippen MR) is 154 cm³/mol. The maximum absolute atomic E-state index is 6.45. The quantitative estimate of drug-likeness (QED) is 0.230. The summed E-state index contributed by atoms with van der Waals surface area (Å²) in [5.41, 5.74) is 4.14. The van der Waals surface area contributed by atoms with Crippen LogP contribution in [0.25, 0.3) is 66.2 Å². The first-order valence-electron chi connectivity index (χ1n) is 12.1. The third kappa shape index (κ3) is 3.90. The molecule has 0 aliphatic carbocycles. The van der Waals surface area contributed by atoms with Crippen molar-refractivity contribution >= 4 is 43.9 Å². The lowest BCUT2D eigenvalue weighted by Gasteiger charge is -2.10. The van der Waals surface area contributed by atoms with Crippen molar-refractivity contribution < 1.29 is 0 Å². The Balaban J connectivity index is 1.38. The maximum Gasteiger partial charge on any atom is 0.226 e. The second-order valence-electron chi connectivity index (χ2n) is 9.08. The number of hydrogen-bond donors (Lipinski definition) is 0. The van der Waals surface area contributed by atoms with E-state index in [1.165, 1.54) is 27.3 Å². The smallest absolute Gasteiger partial charge is 0.208 e. The summed E-state index contributed by atoms with van der Waals surface area (Å²) >= 11 is 6.45. The molecule has 0 N–H and O–H groups in total. The molecule has 0 unspecified atom stereocenters. The van der Waals surface area contributed by atoms with Crippen LogP contribution in [0, 0.1) is 0 Å². The van der Waals surface area contributed by atoms with E-state index < -0.39 is 0 Å². The fourth-order valence-corrected chi connectivity index (χ4v) is 5.19. The molecule has 4 heteroatoms. The molecular weight excluding hydrogens is 474 g/mol. The van der Waals surface area contributed by atoms with Gasteiger partial charge in [0.15, 0.2) is 11.6 Å². The first-order valence-corrected chi connectivity index (χ1v) is 12.5. The molecule has 0 bridgehead atoms. The normalized spacial score (nSPS) is 11.4. The Morgan fingerprint density at radius 2 is 0.973 bits per heavy atom. The van der Waals surface area contributed by atoms with E-state index in [0.717, 1.165) is 27.3 Å². The van der Waals surface area contributed by atoms with Gasteiger partial charge in [-0.25, -0.2) is 4.98 Å². The molecular formula is C33H20ClN3. The first-order chi connectivity index (χ1) is 18.2. The van der Waals surface area contributed by atoms with E-state index in [9.17, 15) is 0 Å². The number of rotatable bonds is 3. The minimum Gasteiger partial charge on any atom is -0.208 e. The Morgan fingerprint density at radius 1 is 0.405 bits per heavy atom. The largest absolute Gasteiger partial charge is 0.226 e. The van der Waals surface area contributed by atoms with Gasteiger partial charge >= 0.3 is 0 Å². The van der Waals surface area contributed by atoms with E-state index in [1.807, 2.05) is 18.2 Å². The SMILES string of the molecule is Clc1nc(-c2ccc3cccc(-c4ccccc4)c3c2)nc(-c2ccc3ccc4ccccc4c3c2)n1. The fourth-order valence-electron chi connectivity index (χ4n) is 5.03. The summed E-state index contributed by atoms with van der Waals surface area (Å²) in [4.78, 5) is 13.8. The highest BCUT2D eigenvalue weighted by Crippen LogP contribution is 2.33. The van der Waals surface area contributed by atoms with Crippen molar-refractivity contribution in [2.45, 2.75) is 0 Å². The van der Waals surface area contributed by atoms with Crippen LogP contribution in [-0.4, -0.2) is 15.0 Å². The van der Waals surface area contributed by atoms with Crippen molar-refractivity contribution in [2.24, 2.45) is 0 Å². The van der Waals surface area contributed by atoms with Crippen LogP contribution >= 0.6 is 11.6 Å². The van der Waals surface area contributed by atoms with Crippen molar-refractivity contribution in [3.63, 3.8) is 0 Å². The van der Waals surface area contributed by atoms with Gasteiger partial charge in [-0.2, -0.15) is 9.97 Å².